The second-order valence-corrected chi connectivity index (χ2v) is 4.55. The van der Waals surface area contributed by atoms with E-state index in [9.17, 15) is 4.79 Å². The highest BCUT2D eigenvalue weighted by Crippen LogP contribution is 2.40. The lowest BCUT2D eigenvalue weighted by Crippen LogP contribution is -2.45. The fourth-order valence-corrected chi connectivity index (χ4v) is 2.81. The molecule has 1 N–H and O–H groups in total. The van der Waals surface area contributed by atoms with Gasteiger partial charge in [0.15, 0.2) is 0 Å². The minimum atomic E-state index is 0.0503. The molecular formula is C11H19NO. The van der Waals surface area contributed by atoms with Gasteiger partial charge in [-0.2, -0.15) is 0 Å². The first kappa shape index (κ1) is 9.04. The molecule has 1 amide bonds. The van der Waals surface area contributed by atoms with Crippen LogP contribution in [0.3, 0.4) is 0 Å². The van der Waals surface area contributed by atoms with Crippen LogP contribution in [0.15, 0.2) is 0 Å². The van der Waals surface area contributed by atoms with Crippen LogP contribution in [0.1, 0.15) is 51.4 Å². The molecule has 0 bridgehead atoms. The number of nitrogens with one attached hydrogen (secondary N) is 1. The van der Waals surface area contributed by atoms with Crippen molar-refractivity contribution in [3.05, 3.63) is 0 Å². The van der Waals surface area contributed by atoms with Crippen LogP contribution in [0, 0.1) is 5.41 Å². The molecule has 1 spiro atoms. The highest BCUT2D eigenvalue weighted by atomic mass is 16.2. The Labute approximate surface area is 80.1 Å². The van der Waals surface area contributed by atoms with E-state index in [2.05, 4.69) is 5.32 Å². The number of hydrogen-bond acceptors (Lipinski definition) is 1. The maximum atomic E-state index is 11.8. The zero-order chi connectivity index (χ0) is 9.15. The van der Waals surface area contributed by atoms with Crippen molar-refractivity contribution in [1.82, 2.24) is 5.32 Å². The Morgan fingerprint density at radius 1 is 0.923 bits per heavy atom. The van der Waals surface area contributed by atoms with Gasteiger partial charge < -0.3 is 5.32 Å². The van der Waals surface area contributed by atoms with Gasteiger partial charge in [-0.15, -0.1) is 0 Å². The van der Waals surface area contributed by atoms with E-state index in [1.807, 2.05) is 0 Å². The van der Waals surface area contributed by atoms with Crippen LogP contribution in [-0.4, -0.2) is 12.5 Å². The van der Waals surface area contributed by atoms with Crippen molar-refractivity contribution in [2.75, 3.05) is 6.54 Å². The van der Waals surface area contributed by atoms with E-state index in [4.69, 9.17) is 0 Å². The maximum Gasteiger partial charge on any atom is 0.226 e. The second kappa shape index (κ2) is 3.69. The van der Waals surface area contributed by atoms with Gasteiger partial charge in [0.2, 0.25) is 5.91 Å². The summed E-state index contributed by atoms with van der Waals surface area (Å²) in [6, 6.07) is 0. The van der Waals surface area contributed by atoms with Crippen molar-refractivity contribution < 1.29 is 4.79 Å². The Kier molecular flexibility index (Phi) is 2.56. The van der Waals surface area contributed by atoms with Gasteiger partial charge in [0.1, 0.15) is 0 Å². The van der Waals surface area contributed by atoms with Crippen LogP contribution < -0.4 is 5.32 Å². The summed E-state index contributed by atoms with van der Waals surface area (Å²) in [6.07, 6.45) is 9.77. The zero-order valence-electron chi connectivity index (χ0n) is 8.27. The molecule has 2 aliphatic rings. The van der Waals surface area contributed by atoms with E-state index >= 15 is 0 Å². The normalized spacial score (nSPS) is 28.2. The Balaban J connectivity index is 2.09. The van der Waals surface area contributed by atoms with E-state index in [0.29, 0.717) is 5.91 Å². The first-order valence-corrected chi connectivity index (χ1v) is 5.62. The van der Waals surface area contributed by atoms with Crippen molar-refractivity contribution >= 4 is 5.91 Å². The number of piperidine rings is 1. The molecule has 0 aromatic rings. The Bertz CT molecular complexity index is 192. The number of rotatable bonds is 0. The Hall–Kier alpha value is -0.530. The fraction of sp³-hybridized carbons (Fsp3) is 0.909. The number of carbonyl (C=O) groups is 1. The molecule has 1 saturated heterocycles. The Morgan fingerprint density at radius 2 is 1.54 bits per heavy atom. The molecule has 1 aliphatic heterocycles. The van der Waals surface area contributed by atoms with Crippen LogP contribution in [0.4, 0.5) is 0 Å². The third kappa shape index (κ3) is 1.72. The van der Waals surface area contributed by atoms with E-state index in [1.54, 1.807) is 0 Å². The molecule has 0 unspecified atom stereocenters. The van der Waals surface area contributed by atoms with Gasteiger partial charge >= 0.3 is 0 Å². The van der Waals surface area contributed by atoms with Crippen LogP contribution >= 0.6 is 0 Å². The standard InChI is InChI=1S/C11H19NO/c13-10-11(8-5-9-12-10)6-3-1-2-4-7-11/h1-9H2,(H,12,13). The van der Waals surface area contributed by atoms with E-state index in [1.165, 1.54) is 32.1 Å². The third-order valence-corrected chi connectivity index (χ3v) is 3.66. The summed E-state index contributed by atoms with van der Waals surface area (Å²) >= 11 is 0. The van der Waals surface area contributed by atoms with Crippen LogP contribution in [-0.2, 0) is 4.79 Å². The summed E-state index contributed by atoms with van der Waals surface area (Å²) in [4.78, 5) is 11.8. The maximum absolute atomic E-state index is 11.8. The second-order valence-electron chi connectivity index (χ2n) is 4.55. The lowest BCUT2D eigenvalue weighted by Gasteiger charge is -2.35. The molecule has 0 aromatic carbocycles. The highest BCUT2D eigenvalue weighted by Gasteiger charge is 2.39. The third-order valence-electron chi connectivity index (χ3n) is 3.66. The van der Waals surface area contributed by atoms with Gasteiger partial charge in [-0.1, -0.05) is 25.7 Å². The summed E-state index contributed by atoms with van der Waals surface area (Å²) < 4.78 is 0. The van der Waals surface area contributed by atoms with Gasteiger partial charge in [-0.3, -0.25) is 4.79 Å². The lowest BCUT2D eigenvalue weighted by molar-refractivity contribution is -0.134. The molecule has 0 aromatic heterocycles. The molecule has 74 valence electrons. The predicted octanol–water partition coefficient (Wildman–Crippen LogP) is 2.24. The van der Waals surface area contributed by atoms with Gasteiger partial charge in [0, 0.05) is 12.0 Å². The summed E-state index contributed by atoms with van der Waals surface area (Å²) in [5.74, 6) is 0.348. The van der Waals surface area contributed by atoms with Gasteiger partial charge in [0.25, 0.3) is 0 Å². The number of carbonyl (C=O) groups excluding carboxylic acids is 1. The van der Waals surface area contributed by atoms with E-state index in [-0.39, 0.29) is 5.41 Å². The number of hydrogen-bond donors (Lipinski definition) is 1. The minimum absolute atomic E-state index is 0.0503. The van der Waals surface area contributed by atoms with Gasteiger partial charge in [0.05, 0.1) is 0 Å². The summed E-state index contributed by atoms with van der Waals surface area (Å²) in [5.41, 5.74) is 0.0503. The fourth-order valence-electron chi connectivity index (χ4n) is 2.81. The predicted molar refractivity (Wildman–Crippen MR) is 52.4 cm³/mol. The SMILES string of the molecule is O=C1NCCCC12CCCCCC2. The first-order chi connectivity index (χ1) is 6.33. The van der Waals surface area contributed by atoms with Crippen molar-refractivity contribution in [3.63, 3.8) is 0 Å². The zero-order valence-corrected chi connectivity index (χ0v) is 8.27. The molecule has 1 aliphatic carbocycles. The summed E-state index contributed by atoms with van der Waals surface area (Å²) in [6.45, 7) is 0.903. The molecule has 2 fully saturated rings. The highest BCUT2D eigenvalue weighted by molar-refractivity contribution is 5.83. The smallest absolute Gasteiger partial charge is 0.226 e. The van der Waals surface area contributed by atoms with E-state index in [0.717, 1.165) is 25.8 Å². The van der Waals surface area contributed by atoms with Crippen LogP contribution in [0.25, 0.3) is 0 Å². The van der Waals surface area contributed by atoms with Crippen molar-refractivity contribution in [1.29, 1.82) is 0 Å². The molecule has 2 heteroatoms. The molecule has 0 atom stereocenters. The largest absolute Gasteiger partial charge is 0.356 e. The summed E-state index contributed by atoms with van der Waals surface area (Å²) in [5, 5.41) is 3.03. The first-order valence-electron chi connectivity index (χ1n) is 5.62. The Morgan fingerprint density at radius 3 is 2.15 bits per heavy atom. The van der Waals surface area contributed by atoms with Gasteiger partial charge in [-0.05, 0) is 25.7 Å². The van der Waals surface area contributed by atoms with Crippen molar-refractivity contribution in [2.24, 2.45) is 5.41 Å². The molecule has 2 rings (SSSR count). The van der Waals surface area contributed by atoms with Gasteiger partial charge in [-0.25, -0.2) is 0 Å². The lowest BCUT2D eigenvalue weighted by atomic mass is 9.74. The minimum Gasteiger partial charge on any atom is -0.356 e. The van der Waals surface area contributed by atoms with Crippen molar-refractivity contribution in [3.8, 4) is 0 Å². The van der Waals surface area contributed by atoms with Crippen LogP contribution in [0.5, 0.6) is 0 Å². The van der Waals surface area contributed by atoms with E-state index < -0.39 is 0 Å². The quantitative estimate of drug-likeness (QED) is 0.610. The average Bonchev–Trinajstić information content (AvgIpc) is 2.37. The summed E-state index contributed by atoms with van der Waals surface area (Å²) in [7, 11) is 0. The molecule has 1 heterocycles. The monoisotopic (exact) mass is 181 g/mol. The topological polar surface area (TPSA) is 29.1 Å². The average molecular weight is 181 g/mol. The number of amides is 1. The molecule has 0 radical (unpaired) electrons. The molecule has 13 heavy (non-hydrogen) atoms. The van der Waals surface area contributed by atoms with Crippen LogP contribution in [0.2, 0.25) is 0 Å². The molecule has 1 saturated carbocycles. The van der Waals surface area contributed by atoms with Crippen molar-refractivity contribution in [2.45, 2.75) is 51.4 Å². The molecular weight excluding hydrogens is 162 g/mol. The molecule has 2 nitrogen and oxygen atoms in total.